The van der Waals surface area contributed by atoms with Crippen LogP contribution in [-0.2, 0) is 0 Å². The van der Waals surface area contributed by atoms with E-state index >= 15 is 0 Å². The van der Waals surface area contributed by atoms with Gasteiger partial charge in [0, 0.05) is 6.04 Å². The summed E-state index contributed by atoms with van der Waals surface area (Å²) in [4.78, 5) is 0. The van der Waals surface area contributed by atoms with Crippen LogP contribution in [0.2, 0.25) is 0 Å². The van der Waals surface area contributed by atoms with Gasteiger partial charge in [0.2, 0.25) is 0 Å². The maximum atomic E-state index is 3.74. The Labute approximate surface area is 82.3 Å². The zero-order valence-electron chi connectivity index (χ0n) is 9.05. The van der Waals surface area contributed by atoms with Crippen LogP contribution in [0.4, 0.5) is 0 Å². The van der Waals surface area contributed by atoms with Crippen LogP contribution in [0.5, 0.6) is 0 Å². The molecule has 0 saturated heterocycles. The maximum Gasteiger partial charge on any atom is 0.00980 e. The first-order chi connectivity index (χ1) is 6.25. The van der Waals surface area contributed by atoms with Gasteiger partial charge >= 0.3 is 0 Å². The molecular formula is C12H23N. The Hall–Kier alpha value is -0.0400. The molecule has 2 bridgehead atoms. The van der Waals surface area contributed by atoms with E-state index in [2.05, 4.69) is 19.2 Å². The lowest BCUT2D eigenvalue weighted by atomic mass is 9.95. The van der Waals surface area contributed by atoms with E-state index < -0.39 is 0 Å². The van der Waals surface area contributed by atoms with Gasteiger partial charge in [-0.05, 0) is 50.0 Å². The van der Waals surface area contributed by atoms with Crippen molar-refractivity contribution in [3.8, 4) is 0 Å². The van der Waals surface area contributed by atoms with Gasteiger partial charge in [-0.15, -0.1) is 0 Å². The molecular weight excluding hydrogens is 158 g/mol. The predicted octanol–water partition coefficient (Wildman–Crippen LogP) is 2.81. The van der Waals surface area contributed by atoms with Crippen LogP contribution in [0, 0.1) is 17.8 Å². The molecule has 1 nitrogen and oxygen atoms in total. The Morgan fingerprint density at radius 3 is 2.62 bits per heavy atom. The molecule has 0 aromatic rings. The molecule has 0 spiro atoms. The van der Waals surface area contributed by atoms with Gasteiger partial charge in [-0.3, -0.25) is 0 Å². The molecule has 1 N–H and O–H groups in total. The lowest BCUT2D eigenvalue weighted by molar-refractivity contribution is 0.344. The quantitative estimate of drug-likeness (QED) is 0.703. The molecule has 0 aromatic carbocycles. The zero-order chi connectivity index (χ0) is 9.26. The van der Waals surface area contributed by atoms with Crippen molar-refractivity contribution in [2.24, 2.45) is 17.8 Å². The van der Waals surface area contributed by atoms with E-state index in [0.717, 1.165) is 23.8 Å². The second-order valence-corrected chi connectivity index (χ2v) is 5.42. The fourth-order valence-electron chi connectivity index (χ4n) is 3.05. The molecule has 76 valence electrons. The summed E-state index contributed by atoms with van der Waals surface area (Å²) in [7, 11) is 0. The molecule has 13 heavy (non-hydrogen) atoms. The largest absolute Gasteiger partial charge is 0.314 e. The van der Waals surface area contributed by atoms with E-state index in [1.807, 2.05) is 0 Å². The highest BCUT2D eigenvalue weighted by Gasteiger charge is 2.38. The summed E-state index contributed by atoms with van der Waals surface area (Å²) in [5, 5.41) is 3.74. The van der Waals surface area contributed by atoms with E-state index in [4.69, 9.17) is 0 Å². The first-order valence-corrected chi connectivity index (χ1v) is 5.99. The summed E-state index contributed by atoms with van der Waals surface area (Å²) in [5.74, 6) is 2.98. The fourth-order valence-corrected chi connectivity index (χ4v) is 3.05. The highest BCUT2D eigenvalue weighted by atomic mass is 14.9. The van der Waals surface area contributed by atoms with Gasteiger partial charge in [0.15, 0.2) is 0 Å². The summed E-state index contributed by atoms with van der Waals surface area (Å²) >= 11 is 0. The summed E-state index contributed by atoms with van der Waals surface area (Å²) in [6.45, 7) is 5.86. The lowest BCUT2D eigenvalue weighted by Gasteiger charge is -2.23. The van der Waals surface area contributed by atoms with Crippen molar-refractivity contribution in [2.45, 2.75) is 52.0 Å². The van der Waals surface area contributed by atoms with E-state index in [9.17, 15) is 0 Å². The molecule has 2 aliphatic carbocycles. The number of fused-ring (bicyclic) bond motifs is 2. The molecule has 2 aliphatic rings. The molecule has 0 radical (unpaired) electrons. The Morgan fingerprint density at radius 1 is 1.23 bits per heavy atom. The summed E-state index contributed by atoms with van der Waals surface area (Å²) < 4.78 is 0. The highest BCUT2D eigenvalue weighted by Crippen LogP contribution is 2.44. The Kier molecular flexibility index (Phi) is 2.92. The minimum atomic E-state index is 0.853. The van der Waals surface area contributed by atoms with Gasteiger partial charge < -0.3 is 5.32 Å². The molecule has 1 heteroatoms. The van der Waals surface area contributed by atoms with Crippen LogP contribution < -0.4 is 5.32 Å². The maximum absolute atomic E-state index is 3.74. The summed E-state index contributed by atoms with van der Waals surface area (Å²) in [6.07, 6.45) is 7.37. The summed E-state index contributed by atoms with van der Waals surface area (Å²) in [5.41, 5.74) is 0. The van der Waals surface area contributed by atoms with E-state index in [1.54, 1.807) is 0 Å². The minimum Gasteiger partial charge on any atom is -0.314 e. The van der Waals surface area contributed by atoms with Gasteiger partial charge in [0.05, 0.1) is 0 Å². The van der Waals surface area contributed by atoms with E-state index in [-0.39, 0.29) is 0 Å². The third-order valence-corrected chi connectivity index (χ3v) is 3.87. The van der Waals surface area contributed by atoms with Gasteiger partial charge in [-0.25, -0.2) is 0 Å². The van der Waals surface area contributed by atoms with Crippen LogP contribution in [0.15, 0.2) is 0 Å². The monoisotopic (exact) mass is 181 g/mol. The first kappa shape index (κ1) is 9.51. The van der Waals surface area contributed by atoms with Crippen LogP contribution in [0.1, 0.15) is 46.0 Å². The van der Waals surface area contributed by atoms with Crippen molar-refractivity contribution < 1.29 is 0 Å². The zero-order valence-corrected chi connectivity index (χ0v) is 9.05. The van der Waals surface area contributed by atoms with Crippen molar-refractivity contribution in [1.82, 2.24) is 5.32 Å². The third-order valence-electron chi connectivity index (χ3n) is 3.87. The SMILES string of the molecule is CC(C)CCN[C@@H]1C[C@H]2CC[C@@H]1C2. The second kappa shape index (κ2) is 4.00. The third kappa shape index (κ3) is 2.25. The minimum absolute atomic E-state index is 0.853. The van der Waals surface area contributed by atoms with Crippen LogP contribution >= 0.6 is 0 Å². The topological polar surface area (TPSA) is 12.0 Å². The van der Waals surface area contributed by atoms with Gasteiger partial charge in [-0.1, -0.05) is 20.3 Å². The van der Waals surface area contributed by atoms with Crippen LogP contribution in [-0.4, -0.2) is 12.6 Å². The molecule has 2 saturated carbocycles. The molecule has 0 amide bonds. The molecule has 0 aliphatic heterocycles. The van der Waals surface area contributed by atoms with Gasteiger partial charge in [-0.2, -0.15) is 0 Å². The van der Waals surface area contributed by atoms with E-state index in [0.29, 0.717) is 0 Å². The summed E-state index contributed by atoms with van der Waals surface area (Å²) in [6, 6.07) is 0.887. The normalized spacial score (nSPS) is 37.6. The average molecular weight is 181 g/mol. The number of nitrogens with one attached hydrogen (secondary N) is 1. The first-order valence-electron chi connectivity index (χ1n) is 5.99. The Morgan fingerprint density at radius 2 is 2.08 bits per heavy atom. The fraction of sp³-hybridized carbons (Fsp3) is 1.00. The Balaban J connectivity index is 1.66. The van der Waals surface area contributed by atoms with Crippen molar-refractivity contribution in [3.05, 3.63) is 0 Å². The predicted molar refractivity (Wildman–Crippen MR) is 56.7 cm³/mol. The number of hydrogen-bond acceptors (Lipinski definition) is 1. The van der Waals surface area contributed by atoms with Crippen LogP contribution in [0.25, 0.3) is 0 Å². The van der Waals surface area contributed by atoms with E-state index in [1.165, 1.54) is 38.6 Å². The molecule has 2 rings (SSSR count). The van der Waals surface area contributed by atoms with Gasteiger partial charge in [0.25, 0.3) is 0 Å². The molecule has 3 atom stereocenters. The lowest BCUT2D eigenvalue weighted by Crippen LogP contribution is -2.34. The number of hydrogen-bond donors (Lipinski definition) is 1. The number of rotatable bonds is 4. The smallest absolute Gasteiger partial charge is 0.00980 e. The average Bonchev–Trinajstić information content (AvgIpc) is 2.64. The van der Waals surface area contributed by atoms with Crippen LogP contribution in [0.3, 0.4) is 0 Å². The van der Waals surface area contributed by atoms with Crippen molar-refractivity contribution in [1.29, 1.82) is 0 Å². The van der Waals surface area contributed by atoms with Crippen molar-refractivity contribution in [2.75, 3.05) is 6.54 Å². The molecule has 0 heterocycles. The molecule has 0 aromatic heterocycles. The standard InChI is InChI=1S/C12H23N/c1-9(2)5-6-13-12-8-10-3-4-11(12)7-10/h9-13H,3-8H2,1-2H3/t10-,11+,12+/m0/s1. The highest BCUT2D eigenvalue weighted by molar-refractivity contribution is 4.93. The van der Waals surface area contributed by atoms with Crippen molar-refractivity contribution >= 4 is 0 Å². The molecule has 2 fully saturated rings. The Bertz CT molecular complexity index is 165. The van der Waals surface area contributed by atoms with Gasteiger partial charge in [0.1, 0.15) is 0 Å². The molecule has 0 unspecified atom stereocenters. The van der Waals surface area contributed by atoms with Crippen molar-refractivity contribution in [3.63, 3.8) is 0 Å². The second-order valence-electron chi connectivity index (χ2n) is 5.42.